The zero-order chi connectivity index (χ0) is 13.9. The number of hydrogen-bond donors (Lipinski definition) is 1. The molecule has 0 radical (unpaired) electrons. The monoisotopic (exact) mass is 257 g/mol. The second kappa shape index (κ2) is 5.92. The first-order valence-electron chi connectivity index (χ1n) is 7.58. The maximum Gasteiger partial charge on any atom is 0.0302 e. The van der Waals surface area contributed by atoms with Crippen LogP contribution in [0.2, 0.25) is 0 Å². The van der Waals surface area contributed by atoms with Crippen LogP contribution in [-0.2, 0) is 0 Å². The van der Waals surface area contributed by atoms with Gasteiger partial charge in [-0.15, -0.1) is 0 Å². The lowest BCUT2D eigenvalue weighted by Gasteiger charge is -2.31. The summed E-state index contributed by atoms with van der Waals surface area (Å²) < 4.78 is 0. The van der Waals surface area contributed by atoms with E-state index in [9.17, 15) is 0 Å². The van der Waals surface area contributed by atoms with Crippen LogP contribution in [0.1, 0.15) is 58.9 Å². The number of benzene rings is 1. The van der Waals surface area contributed by atoms with Gasteiger partial charge in [-0.25, -0.2) is 0 Å². The Labute approximate surface area is 118 Å². The molecule has 1 aliphatic rings. The minimum absolute atomic E-state index is 0.212. The molecule has 1 saturated carbocycles. The summed E-state index contributed by atoms with van der Waals surface area (Å²) in [6.07, 6.45) is 5.01. The van der Waals surface area contributed by atoms with Crippen molar-refractivity contribution in [3.8, 4) is 0 Å². The molecule has 1 heteroatoms. The van der Waals surface area contributed by atoms with Crippen molar-refractivity contribution in [2.75, 3.05) is 0 Å². The molecule has 1 aromatic rings. The van der Waals surface area contributed by atoms with Crippen LogP contribution < -0.4 is 5.32 Å². The molecule has 1 atom stereocenters. The van der Waals surface area contributed by atoms with E-state index < -0.39 is 0 Å². The highest BCUT2D eigenvalue weighted by atomic mass is 15.0. The van der Waals surface area contributed by atoms with Gasteiger partial charge in [-0.05, 0) is 51.2 Å². The minimum atomic E-state index is 0.212. The van der Waals surface area contributed by atoms with Crippen LogP contribution in [0, 0.1) is 0 Å². The Bertz CT molecular complexity index is 436. The van der Waals surface area contributed by atoms with Crippen molar-refractivity contribution in [1.82, 2.24) is 5.32 Å². The molecule has 0 aliphatic heterocycles. The Balaban J connectivity index is 2.16. The van der Waals surface area contributed by atoms with E-state index in [-0.39, 0.29) is 5.54 Å². The van der Waals surface area contributed by atoms with Gasteiger partial charge < -0.3 is 5.32 Å². The second-order valence-electron chi connectivity index (χ2n) is 6.38. The van der Waals surface area contributed by atoms with Crippen molar-refractivity contribution in [2.24, 2.45) is 0 Å². The predicted molar refractivity (Wildman–Crippen MR) is 84.2 cm³/mol. The van der Waals surface area contributed by atoms with Crippen molar-refractivity contribution in [1.29, 1.82) is 0 Å². The molecule has 1 nitrogen and oxygen atoms in total. The van der Waals surface area contributed by atoms with Crippen molar-refractivity contribution in [3.63, 3.8) is 0 Å². The van der Waals surface area contributed by atoms with E-state index in [1.807, 2.05) is 0 Å². The highest BCUT2D eigenvalue weighted by Crippen LogP contribution is 2.38. The first-order chi connectivity index (χ1) is 9.03. The van der Waals surface area contributed by atoms with Gasteiger partial charge in [-0.1, -0.05) is 49.2 Å². The van der Waals surface area contributed by atoms with Gasteiger partial charge in [0, 0.05) is 11.6 Å². The highest BCUT2D eigenvalue weighted by Gasteiger charge is 2.26. The van der Waals surface area contributed by atoms with E-state index in [4.69, 9.17) is 0 Å². The van der Waals surface area contributed by atoms with Crippen LogP contribution in [0.4, 0.5) is 0 Å². The largest absolute Gasteiger partial charge is 0.305 e. The summed E-state index contributed by atoms with van der Waals surface area (Å²) >= 11 is 0. The fraction of sp³-hybridized carbons (Fsp3) is 0.556. The highest BCUT2D eigenvalue weighted by molar-refractivity contribution is 5.74. The van der Waals surface area contributed by atoms with Gasteiger partial charge in [0.05, 0.1) is 0 Å². The molecule has 1 N–H and O–H groups in total. The summed E-state index contributed by atoms with van der Waals surface area (Å²) in [6.45, 7) is 9.19. The Morgan fingerprint density at radius 2 is 1.84 bits per heavy atom. The van der Waals surface area contributed by atoms with Gasteiger partial charge in [0.2, 0.25) is 0 Å². The zero-order valence-electron chi connectivity index (χ0n) is 12.8. The van der Waals surface area contributed by atoms with Crippen LogP contribution in [0.15, 0.2) is 35.9 Å². The van der Waals surface area contributed by atoms with E-state index in [0.29, 0.717) is 6.04 Å². The van der Waals surface area contributed by atoms with Crippen molar-refractivity contribution >= 4 is 5.57 Å². The van der Waals surface area contributed by atoms with E-state index in [0.717, 1.165) is 0 Å². The average Bonchev–Trinajstić information content (AvgIpc) is 3.14. The number of hydrogen-bond acceptors (Lipinski definition) is 1. The molecule has 0 saturated heterocycles. The third kappa shape index (κ3) is 3.94. The lowest BCUT2D eigenvalue weighted by atomic mass is 9.93. The number of nitrogens with one attached hydrogen (secondary N) is 1. The number of allylic oxidation sites excluding steroid dienone is 1. The predicted octanol–water partition coefficient (Wildman–Crippen LogP) is 4.79. The molecule has 0 spiro atoms. The SMILES string of the molecule is CCCC(C)(C)NC(C)C(=C1CC1)c1ccccc1. The second-order valence-corrected chi connectivity index (χ2v) is 6.38. The third-order valence-electron chi connectivity index (χ3n) is 3.88. The molecule has 2 rings (SSSR count). The van der Waals surface area contributed by atoms with Crippen LogP contribution >= 0.6 is 0 Å². The molecule has 19 heavy (non-hydrogen) atoms. The quantitative estimate of drug-likeness (QED) is 0.772. The summed E-state index contributed by atoms with van der Waals surface area (Å²) in [5.74, 6) is 0. The first-order valence-corrected chi connectivity index (χ1v) is 7.58. The van der Waals surface area contributed by atoms with Crippen LogP contribution in [0.25, 0.3) is 5.57 Å². The van der Waals surface area contributed by atoms with Gasteiger partial charge in [-0.2, -0.15) is 0 Å². The van der Waals surface area contributed by atoms with Gasteiger partial charge in [-0.3, -0.25) is 0 Å². The van der Waals surface area contributed by atoms with Crippen LogP contribution in [0.3, 0.4) is 0 Å². The molecule has 1 aliphatic carbocycles. The van der Waals surface area contributed by atoms with Crippen LogP contribution in [0.5, 0.6) is 0 Å². The normalized spacial score (nSPS) is 16.3. The van der Waals surface area contributed by atoms with Gasteiger partial charge >= 0.3 is 0 Å². The van der Waals surface area contributed by atoms with E-state index >= 15 is 0 Å². The zero-order valence-corrected chi connectivity index (χ0v) is 12.8. The van der Waals surface area contributed by atoms with Crippen molar-refractivity contribution in [2.45, 2.75) is 65.0 Å². The molecule has 1 unspecified atom stereocenters. The van der Waals surface area contributed by atoms with Crippen LogP contribution in [-0.4, -0.2) is 11.6 Å². The minimum Gasteiger partial charge on any atom is -0.305 e. The summed E-state index contributed by atoms with van der Waals surface area (Å²) in [4.78, 5) is 0. The molecule has 0 aromatic heterocycles. The summed E-state index contributed by atoms with van der Waals surface area (Å²) in [5.41, 5.74) is 4.77. The Hall–Kier alpha value is -1.08. The van der Waals surface area contributed by atoms with E-state index in [1.54, 1.807) is 5.57 Å². The Morgan fingerprint density at radius 1 is 1.21 bits per heavy atom. The molecular formula is C18H27N. The summed E-state index contributed by atoms with van der Waals surface area (Å²) in [7, 11) is 0. The molecule has 0 heterocycles. The summed E-state index contributed by atoms with van der Waals surface area (Å²) in [6, 6.07) is 11.3. The van der Waals surface area contributed by atoms with Gasteiger partial charge in [0.25, 0.3) is 0 Å². The van der Waals surface area contributed by atoms with Crippen molar-refractivity contribution < 1.29 is 0 Å². The molecule has 1 fully saturated rings. The lowest BCUT2D eigenvalue weighted by Crippen LogP contribution is -2.45. The molecule has 0 bridgehead atoms. The molecule has 104 valence electrons. The third-order valence-corrected chi connectivity index (χ3v) is 3.88. The maximum atomic E-state index is 3.82. The van der Waals surface area contributed by atoms with Crippen molar-refractivity contribution in [3.05, 3.63) is 41.5 Å². The molecular weight excluding hydrogens is 230 g/mol. The van der Waals surface area contributed by atoms with E-state index in [2.05, 4.69) is 63.3 Å². The smallest absolute Gasteiger partial charge is 0.0302 e. The fourth-order valence-corrected chi connectivity index (χ4v) is 3.07. The lowest BCUT2D eigenvalue weighted by molar-refractivity contribution is 0.346. The topological polar surface area (TPSA) is 12.0 Å². The van der Waals surface area contributed by atoms with Gasteiger partial charge in [0.1, 0.15) is 0 Å². The maximum absolute atomic E-state index is 3.82. The fourth-order valence-electron chi connectivity index (χ4n) is 3.07. The molecule has 0 amide bonds. The Kier molecular flexibility index (Phi) is 4.46. The standard InChI is InChI=1S/C18H27N/c1-5-13-18(3,4)19-14(2)17(16-11-12-16)15-9-7-6-8-10-15/h6-10,14,19H,5,11-13H2,1-4H3. The number of rotatable bonds is 6. The average molecular weight is 257 g/mol. The van der Waals surface area contributed by atoms with E-state index in [1.165, 1.54) is 36.8 Å². The van der Waals surface area contributed by atoms with Gasteiger partial charge in [0.15, 0.2) is 0 Å². The molecule has 1 aromatic carbocycles. The first kappa shape index (κ1) is 14.3. The Morgan fingerprint density at radius 3 is 2.37 bits per heavy atom. The summed E-state index contributed by atoms with van der Waals surface area (Å²) in [5, 5.41) is 3.82.